The fourth-order valence-electron chi connectivity index (χ4n) is 3.71. The molecule has 160 valence electrons. The molecule has 1 saturated heterocycles. The second kappa shape index (κ2) is 7.62. The van der Waals surface area contributed by atoms with Crippen molar-refractivity contribution in [3.05, 3.63) is 38.9 Å². The monoisotopic (exact) mass is 449 g/mol. The fraction of sp³-hybridized carbons (Fsp3) is 0.474. The first-order chi connectivity index (χ1) is 14.1. The number of nitrogens with zero attached hydrogens (tertiary/aromatic N) is 4. The lowest BCUT2D eigenvalue weighted by atomic mass is 10.2. The van der Waals surface area contributed by atoms with Crippen LogP contribution in [0.2, 0.25) is 0 Å². The van der Waals surface area contributed by atoms with Crippen molar-refractivity contribution in [3.8, 4) is 0 Å². The summed E-state index contributed by atoms with van der Waals surface area (Å²) in [6.07, 6.45) is 2.04. The summed E-state index contributed by atoms with van der Waals surface area (Å²) in [7, 11) is -3.07. The molecule has 9 nitrogen and oxygen atoms in total. The third kappa shape index (κ3) is 3.91. The highest BCUT2D eigenvalue weighted by Crippen LogP contribution is 2.27. The van der Waals surface area contributed by atoms with Crippen molar-refractivity contribution < 1.29 is 13.2 Å². The number of nitrogens with one attached hydrogen (secondary N) is 1. The van der Waals surface area contributed by atoms with Crippen LogP contribution in [-0.4, -0.2) is 45.2 Å². The van der Waals surface area contributed by atoms with Crippen LogP contribution in [0.5, 0.6) is 0 Å². The molecule has 0 aliphatic carbocycles. The number of carbonyl (C=O) groups is 1. The molecule has 11 heteroatoms. The number of carbonyl (C=O) groups excluding carboxylic acids is 1. The van der Waals surface area contributed by atoms with E-state index in [9.17, 15) is 18.0 Å². The predicted octanol–water partition coefficient (Wildman–Crippen LogP) is 1.97. The van der Waals surface area contributed by atoms with Gasteiger partial charge in [0, 0.05) is 23.9 Å². The number of aryl methyl sites for hydroxylation is 4. The fourth-order valence-corrected chi connectivity index (χ4v) is 6.39. The maximum atomic E-state index is 12.8. The number of sulfone groups is 1. The minimum absolute atomic E-state index is 0.0253. The Morgan fingerprint density at radius 1 is 1.33 bits per heavy atom. The van der Waals surface area contributed by atoms with E-state index in [2.05, 4.69) is 15.4 Å². The molecule has 0 radical (unpaired) electrons. The van der Waals surface area contributed by atoms with Crippen LogP contribution < -0.4 is 10.9 Å². The number of aromatic nitrogens is 4. The van der Waals surface area contributed by atoms with Gasteiger partial charge in [0.25, 0.3) is 5.56 Å². The average molecular weight is 450 g/mol. The van der Waals surface area contributed by atoms with Gasteiger partial charge in [-0.25, -0.2) is 18.1 Å². The average Bonchev–Trinajstić information content (AvgIpc) is 3.30. The van der Waals surface area contributed by atoms with Crippen LogP contribution in [0.15, 0.2) is 17.2 Å². The number of amides is 1. The lowest BCUT2D eigenvalue weighted by molar-refractivity contribution is -0.116. The molecule has 0 saturated carbocycles. The first kappa shape index (κ1) is 20.7. The standard InChI is InChI=1S/C19H23N5O4S2/c1-11-8-15(24(22-11)14-5-7-30(27,28)9-14)21-16(25)4-6-23-10-20-18-17(19(23)26)12(2)13(3)29-18/h8,10,14H,4-7,9H2,1-3H3,(H,21,25). The first-order valence-corrected chi connectivity index (χ1v) is 12.3. The van der Waals surface area contributed by atoms with E-state index in [1.165, 1.54) is 22.2 Å². The Balaban J connectivity index is 1.48. The molecule has 3 aromatic heterocycles. The van der Waals surface area contributed by atoms with Crippen molar-refractivity contribution in [3.63, 3.8) is 0 Å². The highest BCUT2D eigenvalue weighted by atomic mass is 32.2. The van der Waals surface area contributed by atoms with Gasteiger partial charge in [-0.1, -0.05) is 0 Å². The SMILES string of the molecule is Cc1cc(NC(=O)CCn2cnc3sc(C)c(C)c3c2=O)n(C2CCS(=O)(=O)C2)n1. The normalized spacial score (nSPS) is 18.2. The molecule has 1 unspecified atom stereocenters. The van der Waals surface area contributed by atoms with Crippen LogP contribution in [0.3, 0.4) is 0 Å². The van der Waals surface area contributed by atoms with Crippen LogP contribution in [0.25, 0.3) is 10.2 Å². The third-order valence-electron chi connectivity index (χ3n) is 5.42. The Hall–Kier alpha value is -2.53. The van der Waals surface area contributed by atoms with Crippen LogP contribution in [0.1, 0.15) is 35.0 Å². The van der Waals surface area contributed by atoms with Gasteiger partial charge in [-0.05, 0) is 32.8 Å². The second-order valence-corrected chi connectivity index (χ2v) is 11.1. The number of rotatable bonds is 5. The van der Waals surface area contributed by atoms with Gasteiger partial charge in [0.2, 0.25) is 5.91 Å². The van der Waals surface area contributed by atoms with Crippen LogP contribution in [0.4, 0.5) is 5.82 Å². The Labute approximate surface area is 177 Å². The maximum absolute atomic E-state index is 12.8. The largest absolute Gasteiger partial charge is 0.311 e. The first-order valence-electron chi connectivity index (χ1n) is 9.66. The van der Waals surface area contributed by atoms with Gasteiger partial charge in [0.1, 0.15) is 10.6 Å². The molecule has 30 heavy (non-hydrogen) atoms. The molecule has 1 amide bonds. The molecular weight excluding hydrogens is 426 g/mol. The minimum Gasteiger partial charge on any atom is -0.311 e. The molecule has 1 aliphatic heterocycles. The van der Waals surface area contributed by atoms with E-state index in [-0.39, 0.29) is 42.0 Å². The number of thiophene rings is 1. The van der Waals surface area contributed by atoms with Gasteiger partial charge in [-0.15, -0.1) is 11.3 Å². The van der Waals surface area contributed by atoms with E-state index in [0.29, 0.717) is 28.1 Å². The molecule has 1 aliphatic rings. The Morgan fingerprint density at radius 2 is 2.10 bits per heavy atom. The predicted molar refractivity (Wildman–Crippen MR) is 116 cm³/mol. The quantitative estimate of drug-likeness (QED) is 0.637. The molecule has 0 aromatic carbocycles. The summed E-state index contributed by atoms with van der Waals surface area (Å²) in [5, 5.41) is 7.78. The van der Waals surface area contributed by atoms with Crippen LogP contribution in [-0.2, 0) is 21.2 Å². The van der Waals surface area contributed by atoms with Crippen molar-refractivity contribution in [2.24, 2.45) is 0 Å². The molecule has 3 aromatic rings. The molecule has 1 fully saturated rings. The smallest absolute Gasteiger partial charge is 0.262 e. The number of fused-ring (bicyclic) bond motifs is 1. The van der Waals surface area contributed by atoms with E-state index in [4.69, 9.17) is 0 Å². The van der Waals surface area contributed by atoms with Crippen molar-refractivity contribution >= 4 is 43.1 Å². The zero-order valence-electron chi connectivity index (χ0n) is 17.0. The van der Waals surface area contributed by atoms with Crippen molar-refractivity contribution in [2.45, 2.75) is 46.2 Å². The molecule has 4 heterocycles. The minimum atomic E-state index is -3.07. The van der Waals surface area contributed by atoms with Crippen LogP contribution >= 0.6 is 11.3 Å². The molecule has 4 rings (SSSR count). The summed E-state index contributed by atoms with van der Waals surface area (Å²) in [6.45, 7) is 5.86. The third-order valence-corrected chi connectivity index (χ3v) is 8.28. The summed E-state index contributed by atoms with van der Waals surface area (Å²) in [5.74, 6) is 0.355. The highest BCUT2D eigenvalue weighted by molar-refractivity contribution is 7.91. The number of hydrogen-bond donors (Lipinski definition) is 1. The van der Waals surface area contributed by atoms with E-state index < -0.39 is 9.84 Å². The van der Waals surface area contributed by atoms with Crippen LogP contribution in [0, 0.1) is 20.8 Å². The van der Waals surface area contributed by atoms with Gasteiger partial charge in [-0.3, -0.25) is 14.2 Å². The van der Waals surface area contributed by atoms with E-state index in [1.807, 2.05) is 13.8 Å². The molecule has 0 bridgehead atoms. The van der Waals surface area contributed by atoms with Crippen molar-refractivity contribution in [2.75, 3.05) is 16.8 Å². The molecule has 1 N–H and O–H groups in total. The zero-order chi connectivity index (χ0) is 21.6. The van der Waals surface area contributed by atoms with Crippen molar-refractivity contribution in [1.82, 2.24) is 19.3 Å². The molecular formula is C19H23N5O4S2. The number of hydrogen-bond acceptors (Lipinski definition) is 7. The molecule has 1 atom stereocenters. The summed E-state index contributed by atoms with van der Waals surface area (Å²) in [5.41, 5.74) is 1.48. The van der Waals surface area contributed by atoms with Gasteiger partial charge in [-0.2, -0.15) is 5.10 Å². The highest BCUT2D eigenvalue weighted by Gasteiger charge is 2.31. The van der Waals surface area contributed by atoms with Crippen molar-refractivity contribution in [1.29, 1.82) is 0 Å². The van der Waals surface area contributed by atoms with Gasteiger partial charge in [0.15, 0.2) is 9.84 Å². The van der Waals surface area contributed by atoms with E-state index >= 15 is 0 Å². The number of anilines is 1. The topological polar surface area (TPSA) is 116 Å². The lowest BCUT2D eigenvalue weighted by Crippen LogP contribution is -2.24. The van der Waals surface area contributed by atoms with E-state index in [1.54, 1.807) is 17.7 Å². The van der Waals surface area contributed by atoms with Gasteiger partial charge in [0.05, 0.1) is 35.0 Å². The molecule has 0 spiro atoms. The second-order valence-electron chi connectivity index (χ2n) is 7.68. The Bertz CT molecular complexity index is 1300. The summed E-state index contributed by atoms with van der Waals surface area (Å²) in [4.78, 5) is 31.4. The maximum Gasteiger partial charge on any atom is 0.262 e. The Morgan fingerprint density at radius 3 is 2.80 bits per heavy atom. The lowest BCUT2D eigenvalue weighted by Gasteiger charge is -2.14. The summed E-state index contributed by atoms with van der Waals surface area (Å²) < 4.78 is 26.6. The van der Waals surface area contributed by atoms with Gasteiger partial charge >= 0.3 is 0 Å². The van der Waals surface area contributed by atoms with E-state index in [0.717, 1.165) is 10.4 Å². The Kier molecular flexibility index (Phi) is 5.27. The summed E-state index contributed by atoms with van der Waals surface area (Å²) in [6, 6.07) is 1.44. The summed E-state index contributed by atoms with van der Waals surface area (Å²) >= 11 is 1.49. The zero-order valence-corrected chi connectivity index (χ0v) is 18.6. The van der Waals surface area contributed by atoms with Gasteiger partial charge < -0.3 is 5.32 Å².